The zero-order chi connectivity index (χ0) is 18.7. The molecule has 0 aliphatic rings. The van der Waals surface area contributed by atoms with Gasteiger partial charge >= 0.3 is 0 Å². The number of anilines is 3. The number of rotatable bonds is 6. The molecule has 2 heterocycles. The Morgan fingerprint density at radius 1 is 1.12 bits per heavy atom. The first kappa shape index (κ1) is 18.4. The molecule has 0 spiro atoms. The van der Waals surface area contributed by atoms with Crippen molar-refractivity contribution in [3.8, 4) is 0 Å². The molecule has 1 N–H and O–H groups in total. The van der Waals surface area contributed by atoms with Crippen molar-refractivity contribution in [2.75, 3.05) is 16.2 Å². The summed E-state index contributed by atoms with van der Waals surface area (Å²) in [6.07, 6.45) is 1.55. The molecule has 0 aliphatic carbocycles. The Hall–Kier alpha value is -2.38. The van der Waals surface area contributed by atoms with Crippen LogP contribution in [-0.4, -0.2) is 19.9 Å². The van der Waals surface area contributed by atoms with Crippen molar-refractivity contribution in [1.82, 2.24) is 4.98 Å². The van der Waals surface area contributed by atoms with E-state index in [-0.39, 0.29) is 0 Å². The molecule has 0 atom stereocenters. The molecule has 5 nitrogen and oxygen atoms in total. The van der Waals surface area contributed by atoms with Gasteiger partial charge in [0.05, 0.1) is 11.9 Å². The van der Waals surface area contributed by atoms with Gasteiger partial charge in [-0.15, -0.1) is 11.3 Å². The van der Waals surface area contributed by atoms with Gasteiger partial charge in [-0.1, -0.05) is 12.1 Å². The Kier molecular flexibility index (Phi) is 5.29. The molecular weight excluding hydrogens is 366 g/mol. The lowest BCUT2D eigenvalue weighted by Crippen LogP contribution is -2.18. The normalized spacial score (nSPS) is 11.3. The monoisotopic (exact) mass is 387 g/mol. The highest BCUT2D eigenvalue weighted by atomic mass is 32.2. The summed E-state index contributed by atoms with van der Waals surface area (Å²) in [5, 5.41) is 0. The highest BCUT2D eigenvalue weighted by molar-refractivity contribution is 7.94. The number of hydrogen-bond acceptors (Lipinski definition) is 5. The number of nitrogens with one attached hydrogen (secondary N) is 1. The minimum Gasteiger partial charge on any atom is -0.327 e. The van der Waals surface area contributed by atoms with E-state index < -0.39 is 10.0 Å². The van der Waals surface area contributed by atoms with Crippen molar-refractivity contribution in [3.63, 3.8) is 0 Å². The number of thiophene rings is 1. The number of benzene rings is 1. The fourth-order valence-electron chi connectivity index (χ4n) is 2.64. The van der Waals surface area contributed by atoms with E-state index in [1.165, 1.54) is 16.9 Å². The van der Waals surface area contributed by atoms with Gasteiger partial charge in [0.25, 0.3) is 10.0 Å². The van der Waals surface area contributed by atoms with Gasteiger partial charge in [0, 0.05) is 17.1 Å². The number of pyridine rings is 1. The van der Waals surface area contributed by atoms with Gasteiger partial charge in [0.15, 0.2) is 0 Å². The van der Waals surface area contributed by atoms with E-state index in [4.69, 9.17) is 0 Å². The summed E-state index contributed by atoms with van der Waals surface area (Å²) in [5.41, 5.74) is 2.68. The highest BCUT2D eigenvalue weighted by Gasteiger charge is 2.17. The zero-order valence-electron chi connectivity index (χ0n) is 14.9. The third kappa shape index (κ3) is 4.05. The molecule has 0 bridgehead atoms. The Morgan fingerprint density at radius 3 is 2.50 bits per heavy atom. The van der Waals surface area contributed by atoms with Crippen LogP contribution in [0, 0.1) is 13.8 Å². The lowest BCUT2D eigenvalue weighted by atomic mass is 10.2. The molecular formula is C19H21N3O2S2. The molecule has 0 radical (unpaired) electrons. The Morgan fingerprint density at radius 2 is 1.92 bits per heavy atom. The lowest BCUT2D eigenvalue weighted by molar-refractivity contribution is 0.603. The number of nitrogens with zero attached hydrogens (tertiary/aromatic N) is 2. The van der Waals surface area contributed by atoms with E-state index in [9.17, 15) is 8.42 Å². The second-order valence-corrected chi connectivity index (χ2v) is 9.16. The number of aryl methyl sites for hydroxylation is 2. The van der Waals surface area contributed by atoms with E-state index in [2.05, 4.69) is 40.6 Å². The first-order chi connectivity index (χ1) is 12.4. The molecule has 7 heteroatoms. The third-order valence-corrected chi connectivity index (χ3v) is 6.76. The summed E-state index contributed by atoms with van der Waals surface area (Å²) in [7, 11) is -3.57. The molecule has 3 aromatic rings. The first-order valence-electron chi connectivity index (χ1n) is 8.28. The molecule has 26 heavy (non-hydrogen) atoms. The predicted octanol–water partition coefficient (Wildman–Crippen LogP) is 4.72. The van der Waals surface area contributed by atoms with Crippen molar-refractivity contribution in [3.05, 3.63) is 65.2 Å². The van der Waals surface area contributed by atoms with E-state index in [1.807, 2.05) is 25.1 Å². The SMILES string of the molecule is CCN(c1cccc(C)c1)c1ccc(NS(=O)(=O)c2ccc(C)s2)cn1. The van der Waals surface area contributed by atoms with Crippen LogP contribution in [0.2, 0.25) is 0 Å². The standard InChI is InChI=1S/C19H21N3O2S2/c1-4-22(17-7-5-6-14(2)12-17)18-10-9-16(13-20-18)21-26(23,24)19-11-8-15(3)25-19/h5-13,21H,4H2,1-3H3. The average molecular weight is 388 g/mol. The molecule has 0 amide bonds. The van der Waals surface area contributed by atoms with Crippen molar-refractivity contribution in [2.24, 2.45) is 0 Å². The number of hydrogen-bond donors (Lipinski definition) is 1. The van der Waals surface area contributed by atoms with Crippen LogP contribution in [0.5, 0.6) is 0 Å². The summed E-state index contributed by atoms with van der Waals surface area (Å²) in [4.78, 5) is 7.47. The maximum atomic E-state index is 12.4. The van der Waals surface area contributed by atoms with Crippen LogP contribution in [0.15, 0.2) is 58.9 Å². The highest BCUT2D eigenvalue weighted by Crippen LogP contribution is 2.26. The van der Waals surface area contributed by atoms with Gasteiger partial charge in [-0.05, 0) is 62.7 Å². The summed E-state index contributed by atoms with van der Waals surface area (Å²) < 4.78 is 27.7. The molecule has 0 unspecified atom stereocenters. The summed E-state index contributed by atoms with van der Waals surface area (Å²) in [6, 6.07) is 15.2. The summed E-state index contributed by atoms with van der Waals surface area (Å²) in [5.74, 6) is 0.771. The zero-order valence-corrected chi connectivity index (χ0v) is 16.6. The molecule has 1 aromatic carbocycles. The smallest absolute Gasteiger partial charge is 0.271 e. The number of sulfonamides is 1. The van der Waals surface area contributed by atoms with Gasteiger partial charge in [-0.3, -0.25) is 4.72 Å². The van der Waals surface area contributed by atoms with Crippen molar-refractivity contribution < 1.29 is 8.42 Å². The van der Waals surface area contributed by atoms with Crippen LogP contribution in [0.3, 0.4) is 0 Å². The fourth-order valence-corrected chi connectivity index (χ4v) is 4.97. The topological polar surface area (TPSA) is 62.3 Å². The van der Waals surface area contributed by atoms with Crippen LogP contribution in [0.4, 0.5) is 17.2 Å². The Balaban J connectivity index is 1.81. The summed E-state index contributed by atoms with van der Waals surface area (Å²) >= 11 is 1.25. The summed E-state index contributed by atoms with van der Waals surface area (Å²) in [6.45, 7) is 6.75. The van der Waals surface area contributed by atoms with Crippen LogP contribution in [-0.2, 0) is 10.0 Å². The minimum absolute atomic E-state index is 0.300. The van der Waals surface area contributed by atoms with E-state index in [1.54, 1.807) is 24.4 Å². The lowest BCUT2D eigenvalue weighted by Gasteiger charge is -2.22. The van der Waals surface area contributed by atoms with Crippen molar-refractivity contribution in [1.29, 1.82) is 0 Å². The predicted molar refractivity (Wildman–Crippen MR) is 108 cm³/mol. The van der Waals surface area contributed by atoms with Crippen molar-refractivity contribution >= 4 is 38.6 Å². The van der Waals surface area contributed by atoms with Crippen molar-refractivity contribution in [2.45, 2.75) is 25.0 Å². The first-order valence-corrected chi connectivity index (χ1v) is 10.6. The molecule has 0 saturated carbocycles. The van der Waals surface area contributed by atoms with Gasteiger partial charge in [-0.2, -0.15) is 0 Å². The van der Waals surface area contributed by atoms with Crippen LogP contribution >= 0.6 is 11.3 Å². The van der Waals surface area contributed by atoms with Crippen LogP contribution in [0.1, 0.15) is 17.4 Å². The quantitative estimate of drug-likeness (QED) is 0.665. The average Bonchev–Trinajstić information content (AvgIpc) is 3.04. The van der Waals surface area contributed by atoms with E-state index in [0.29, 0.717) is 9.90 Å². The maximum absolute atomic E-state index is 12.4. The molecule has 0 fully saturated rings. The van der Waals surface area contributed by atoms with Gasteiger partial charge in [-0.25, -0.2) is 13.4 Å². The second-order valence-electron chi connectivity index (χ2n) is 5.96. The molecule has 2 aromatic heterocycles. The minimum atomic E-state index is -3.57. The second kappa shape index (κ2) is 7.47. The van der Waals surface area contributed by atoms with Crippen LogP contribution < -0.4 is 9.62 Å². The molecule has 0 aliphatic heterocycles. The van der Waals surface area contributed by atoms with E-state index >= 15 is 0 Å². The molecule has 136 valence electrons. The molecule has 3 rings (SSSR count). The Bertz CT molecular complexity index is 996. The van der Waals surface area contributed by atoms with Crippen LogP contribution in [0.25, 0.3) is 0 Å². The maximum Gasteiger partial charge on any atom is 0.271 e. The number of aromatic nitrogens is 1. The third-order valence-electron chi connectivity index (χ3n) is 3.89. The Labute approximate surface area is 158 Å². The van der Waals surface area contributed by atoms with E-state index in [0.717, 1.165) is 22.9 Å². The largest absolute Gasteiger partial charge is 0.327 e. The van der Waals surface area contributed by atoms with Gasteiger partial charge < -0.3 is 4.90 Å². The fraction of sp³-hybridized carbons (Fsp3) is 0.211. The van der Waals surface area contributed by atoms with Gasteiger partial charge in [0.2, 0.25) is 0 Å². The molecule has 0 saturated heterocycles. The van der Waals surface area contributed by atoms with Gasteiger partial charge in [0.1, 0.15) is 10.0 Å².